The van der Waals surface area contributed by atoms with E-state index in [1.807, 2.05) is 27.7 Å². The lowest BCUT2D eigenvalue weighted by Gasteiger charge is -2.32. The summed E-state index contributed by atoms with van der Waals surface area (Å²) in [5, 5.41) is 0. The van der Waals surface area contributed by atoms with Crippen molar-refractivity contribution in [1.29, 1.82) is 0 Å². The molecule has 0 spiro atoms. The number of rotatable bonds is 8. The Labute approximate surface area is 175 Å². The standard InChI is InChI=1S/C18H31N6O5P/c1-9(2)6-11-13(29-30(25,26)7-10(3)4)14(27-5)17(28-11)24-8-21-12-15(19)22-18(20)23-16(12)24/h8-11,13-14,17H,6-7H2,1-5H3,(H,25,26)(H4,19,20,22,23)/p-1/t11-,13?,14+,17-/m1/s1. The number of imidazole rings is 1. The second-order valence-electron chi connectivity index (χ2n) is 8.44. The van der Waals surface area contributed by atoms with E-state index in [0.29, 0.717) is 17.6 Å². The zero-order valence-electron chi connectivity index (χ0n) is 17.9. The first-order chi connectivity index (χ1) is 14.0. The van der Waals surface area contributed by atoms with E-state index in [1.54, 1.807) is 4.57 Å². The Morgan fingerprint density at radius 1 is 1.23 bits per heavy atom. The smallest absolute Gasteiger partial charge is 0.224 e. The molecule has 0 radical (unpaired) electrons. The highest BCUT2D eigenvalue weighted by atomic mass is 31.2. The zero-order chi connectivity index (χ0) is 22.2. The van der Waals surface area contributed by atoms with Crippen LogP contribution in [0.25, 0.3) is 11.2 Å². The van der Waals surface area contributed by atoms with E-state index in [9.17, 15) is 9.46 Å². The monoisotopic (exact) mass is 441 g/mol. The number of anilines is 2. The van der Waals surface area contributed by atoms with Crippen molar-refractivity contribution in [1.82, 2.24) is 19.5 Å². The molecule has 1 fully saturated rings. The van der Waals surface area contributed by atoms with Gasteiger partial charge >= 0.3 is 0 Å². The average molecular weight is 441 g/mol. The van der Waals surface area contributed by atoms with Gasteiger partial charge in [-0.05, 0) is 18.3 Å². The Bertz CT molecular complexity index is 935. The fraction of sp³-hybridized carbons (Fsp3) is 0.722. The van der Waals surface area contributed by atoms with E-state index in [2.05, 4.69) is 15.0 Å². The van der Waals surface area contributed by atoms with Gasteiger partial charge < -0.3 is 34.9 Å². The molecule has 11 nitrogen and oxygen atoms in total. The van der Waals surface area contributed by atoms with Crippen LogP contribution < -0.4 is 16.4 Å². The van der Waals surface area contributed by atoms with Gasteiger partial charge in [-0.25, -0.2) is 4.98 Å². The number of methoxy groups -OCH3 is 1. The molecule has 1 aliphatic heterocycles. The molecule has 12 heteroatoms. The van der Waals surface area contributed by atoms with Crippen LogP contribution >= 0.6 is 7.60 Å². The maximum Gasteiger partial charge on any atom is 0.224 e. The molecule has 0 bridgehead atoms. The van der Waals surface area contributed by atoms with E-state index in [-0.39, 0.29) is 29.8 Å². The van der Waals surface area contributed by atoms with Gasteiger partial charge in [-0.15, -0.1) is 0 Å². The molecule has 3 rings (SSSR count). The Kier molecular flexibility index (Phi) is 6.69. The van der Waals surface area contributed by atoms with Gasteiger partial charge in [0.1, 0.15) is 25.3 Å². The van der Waals surface area contributed by atoms with Crippen molar-refractivity contribution < 1.29 is 23.5 Å². The van der Waals surface area contributed by atoms with Crippen molar-refractivity contribution in [2.45, 2.75) is 58.7 Å². The normalized spacial score (nSPS) is 26.7. The molecular formula is C18H30N6O5P-. The summed E-state index contributed by atoms with van der Waals surface area (Å²) >= 11 is 0. The summed E-state index contributed by atoms with van der Waals surface area (Å²) in [7, 11) is -2.61. The number of aromatic nitrogens is 4. The highest BCUT2D eigenvalue weighted by Gasteiger charge is 2.48. The van der Waals surface area contributed by atoms with Gasteiger partial charge in [-0.3, -0.25) is 4.57 Å². The van der Waals surface area contributed by atoms with Gasteiger partial charge in [0.05, 0.1) is 12.4 Å². The highest BCUT2D eigenvalue weighted by molar-refractivity contribution is 7.51. The Morgan fingerprint density at radius 2 is 1.93 bits per heavy atom. The molecule has 168 valence electrons. The van der Waals surface area contributed by atoms with Gasteiger partial charge in [0.2, 0.25) is 5.95 Å². The first kappa shape index (κ1) is 22.9. The summed E-state index contributed by atoms with van der Waals surface area (Å²) < 4.78 is 31.8. The molecule has 0 amide bonds. The maximum atomic E-state index is 12.6. The number of hydrogen-bond donors (Lipinski definition) is 2. The quantitative estimate of drug-likeness (QED) is 0.574. The first-order valence-corrected chi connectivity index (χ1v) is 11.7. The third kappa shape index (κ3) is 4.76. The van der Waals surface area contributed by atoms with E-state index < -0.39 is 32.1 Å². The summed E-state index contributed by atoms with van der Waals surface area (Å²) in [4.78, 5) is 25.0. The average Bonchev–Trinajstić information content (AvgIpc) is 3.14. The van der Waals surface area contributed by atoms with Crippen LogP contribution in [0.5, 0.6) is 0 Å². The first-order valence-electron chi connectivity index (χ1n) is 9.94. The molecule has 2 aromatic rings. The van der Waals surface area contributed by atoms with E-state index >= 15 is 0 Å². The molecule has 3 heterocycles. The Morgan fingerprint density at radius 3 is 2.53 bits per heavy atom. The summed E-state index contributed by atoms with van der Waals surface area (Å²) in [6.07, 6.45) is -0.700. The molecule has 4 N–H and O–H groups in total. The lowest BCUT2D eigenvalue weighted by Crippen LogP contribution is -2.37. The summed E-state index contributed by atoms with van der Waals surface area (Å²) in [6.45, 7) is 7.71. The maximum absolute atomic E-state index is 12.6. The van der Waals surface area contributed by atoms with Crippen LogP contribution in [0.1, 0.15) is 40.3 Å². The molecule has 0 aromatic carbocycles. The van der Waals surface area contributed by atoms with Crippen LogP contribution in [-0.4, -0.2) is 51.1 Å². The molecule has 0 saturated carbocycles. The number of nitrogen functional groups attached to an aromatic ring is 2. The zero-order valence-corrected chi connectivity index (χ0v) is 18.8. The fourth-order valence-electron chi connectivity index (χ4n) is 3.78. The minimum absolute atomic E-state index is 0.00115. The van der Waals surface area contributed by atoms with Crippen LogP contribution in [-0.2, 0) is 18.6 Å². The SMILES string of the molecule is CO[C@H]1C(OP(=O)([O-])CC(C)C)[C@@H](CC(C)C)O[C@H]1n1cnc2c(N)nc(N)nc21. The minimum Gasteiger partial charge on any atom is -0.778 e. The number of hydrogen-bond acceptors (Lipinski definition) is 10. The third-order valence-electron chi connectivity index (χ3n) is 4.87. The van der Waals surface area contributed by atoms with Crippen LogP contribution in [0, 0.1) is 11.8 Å². The molecule has 5 atom stereocenters. The summed E-state index contributed by atoms with van der Waals surface area (Å²) in [5.74, 6) is 0.342. The second kappa shape index (κ2) is 8.76. The summed E-state index contributed by atoms with van der Waals surface area (Å²) in [6, 6.07) is 0. The van der Waals surface area contributed by atoms with Gasteiger partial charge in [-0.2, -0.15) is 9.97 Å². The van der Waals surface area contributed by atoms with Crippen LogP contribution in [0.4, 0.5) is 11.8 Å². The third-order valence-corrected chi connectivity index (χ3v) is 6.61. The highest BCUT2D eigenvalue weighted by Crippen LogP contribution is 2.47. The van der Waals surface area contributed by atoms with Crippen LogP contribution in [0.15, 0.2) is 6.33 Å². The molecule has 1 aliphatic rings. The van der Waals surface area contributed by atoms with E-state index in [0.717, 1.165) is 0 Å². The van der Waals surface area contributed by atoms with Gasteiger partial charge in [0.25, 0.3) is 0 Å². The lowest BCUT2D eigenvalue weighted by atomic mass is 10.0. The Hall–Kier alpha value is -1.78. The molecule has 2 aromatic heterocycles. The van der Waals surface area contributed by atoms with Crippen molar-refractivity contribution >= 4 is 30.5 Å². The van der Waals surface area contributed by atoms with Gasteiger partial charge in [0.15, 0.2) is 17.7 Å². The van der Waals surface area contributed by atoms with Gasteiger partial charge in [0, 0.05) is 13.3 Å². The number of fused-ring (bicyclic) bond motifs is 1. The van der Waals surface area contributed by atoms with E-state index in [1.165, 1.54) is 13.4 Å². The predicted octanol–water partition coefficient (Wildman–Crippen LogP) is 1.54. The van der Waals surface area contributed by atoms with Crippen LogP contribution in [0.2, 0.25) is 0 Å². The van der Waals surface area contributed by atoms with Crippen LogP contribution in [0.3, 0.4) is 0 Å². The molecule has 30 heavy (non-hydrogen) atoms. The largest absolute Gasteiger partial charge is 0.778 e. The van der Waals surface area contributed by atoms with Crippen molar-refractivity contribution in [3.63, 3.8) is 0 Å². The second-order valence-corrected chi connectivity index (χ2v) is 10.2. The van der Waals surface area contributed by atoms with Crippen molar-refractivity contribution in [3.8, 4) is 0 Å². The molecule has 2 unspecified atom stereocenters. The molecular weight excluding hydrogens is 411 g/mol. The summed E-state index contributed by atoms with van der Waals surface area (Å²) in [5.41, 5.74) is 12.4. The fourth-order valence-corrected chi connectivity index (χ4v) is 5.39. The minimum atomic E-state index is -4.10. The number of ether oxygens (including phenoxy) is 2. The van der Waals surface area contributed by atoms with E-state index in [4.69, 9.17) is 25.5 Å². The van der Waals surface area contributed by atoms with Crippen molar-refractivity contribution in [3.05, 3.63) is 6.33 Å². The predicted molar refractivity (Wildman–Crippen MR) is 110 cm³/mol. The molecule has 1 saturated heterocycles. The molecule has 0 aliphatic carbocycles. The lowest BCUT2D eigenvalue weighted by molar-refractivity contribution is -0.207. The van der Waals surface area contributed by atoms with Gasteiger partial charge in [-0.1, -0.05) is 27.7 Å². The topological polar surface area (TPSA) is 163 Å². The Balaban J connectivity index is 1.99. The number of nitrogens with two attached hydrogens (primary N) is 2. The van der Waals surface area contributed by atoms with Crippen molar-refractivity contribution in [2.75, 3.05) is 24.7 Å². The van der Waals surface area contributed by atoms with Crippen molar-refractivity contribution in [2.24, 2.45) is 11.8 Å². The number of nitrogens with zero attached hydrogens (tertiary/aromatic N) is 4.